The van der Waals surface area contributed by atoms with Crippen LogP contribution in [0.2, 0.25) is 0 Å². The lowest BCUT2D eigenvalue weighted by Crippen LogP contribution is -2.15. The van der Waals surface area contributed by atoms with Gasteiger partial charge in [0.2, 0.25) is 0 Å². The Labute approximate surface area is 105 Å². The molecule has 2 rings (SSSR count). The zero-order valence-electron chi connectivity index (χ0n) is 9.97. The Morgan fingerprint density at radius 3 is 2.71 bits per heavy atom. The number of aromatic nitrogens is 1. The van der Waals surface area contributed by atoms with Crippen LogP contribution < -0.4 is 5.32 Å². The van der Waals surface area contributed by atoms with Gasteiger partial charge in [0.1, 0.15) is 11.0 Å². The summed E-state index contributed by atoms with van der Waals surface area (Å²) in [7, 11) is 0. The number of anilines is 1. The lowest BCUT2D eigenvalue weighted by atomic mass is 10.2. The minimum absolute atomic E-state index is 0.0429. The Kier molecular flexibility index (Phi) is 3.76. The van der Waals surface area contributed by atoms with Gasteiger partial charge in [-0.2, -0.15) is 0 Å². The first-order chi connectivity index (χ1) is 8.20. The molecule has 1 atom stereocenters. The van der Waals surface area contributed by atoms with Gasteiger partial charge in [0.15, 0.2) is 0 Å². The first-order valence-corrected chi connectivity index (χ1v) is 6.43. The number of hydrogen-bond acceptors (Lipinski definition) is 4. The fraction of sp³-hybridized carbons (Fsp3) is 0.308. The summed E-state index contributed by atoms with van der Waals surface area (Å²) < 4.78 is 0. The van der Waals surface area contributed by atoms with Crippen molar-refractivity contribution in [3.05, 3.63) is 45.9 Å². The maximum Gasteiger partial charge on any atom is 0.118 e. The van der Waals surface area contributed by atoms with Gasteiger partial charge in [-0.05, 0) is 25.5 Å². The van der Waals surface area contributed by atoms with Gasteiger partial charge in [-0.15, -0.1) is 11.3 Å². The maximum atomic E-state index is 9.45. The minimum atomic E-state index is -0.130. The fourth-order valence-electron chi connectivity index (χ4n) is 1.64. The standard InChI is InChI=1S/C13H16N2OS/c1-9-5-3-4-6-11(9)15-12(7-16)13-14-10(2)8-17-13/h3-6,8,12,15-16H,7H2,1-2H3. The van der Waals surface area contributed by atoms with Crippen LogP contribution in [0.4, 0.5) is 5.69 Å². The van der Waals surface area contributed by atoms with E-state index in [-0.39, 0.29) is 12.6 Å². The van der Waals surface area contributed by atoms with Crippen LogP contribution in [0.5, 0.6) is 0 Å². The Balaban J connectivity index is 2.18. The molecule has 0 bridgehead atoms. The molecular formula is C13H16N2OS. The van der Waals surface area contributed by atoms with E-state index in [9.17, 15) is 5.11 Å². The van der Waals surface area contributed by atoms with Crippen molar-refractivity contribution in [2.24, 2.45) is 0 Å². The van der Waals surface area contributed by atoms with Gasteiger partial charge in [0.05, 0.1) is 6.61 Å². The lowest BCUT2D eigenvalue weighted by molar-refractivity contribution is 0.276. The van der Waals surface area contributed by atoms with Crippen LogP contribution in [-0.4, -0.2) is 16.7 Å². The number of aryl methyl sites for hydroxylation is 2. The second-order valence-electron chi connectivity index (χ2n) is 4.02. The predicted molar refractivity (Wildman–Crippen MR) is 71.5 cm³/mol. The predicted octanol–water partition coefficient (Wildman–Crippen LogP) is 2.91. The van der Waals surface area contributed by atoms with Gasteiger partial charge in [-0.3, -0.25) is 0 Å². The van der Waals surface area contributed by atoms with Crippen molar-refractivity contribution < 1.29 is 5.11 Å². The Bertz CT molecular complexity index is 496. The van der Waals surface area contributed by atoms with E-state index in [1.807, 2.05) is 43.5 Å². The monoisotopic (exact) mass is 248 g/mol. The number of rotatable bonds is 4. The van der Waals surface area contributed by atoms with Gasteiger partial charge < -0.3 is 10.4 Å². The highest BCUT2D eigenvalue weighted by molar-refractivity contribution is 7.09. The zero-order chi connectivity index (χ0) is 12.3. The van der Waals surface area contributed by atoms with E-state index < -0.39 is 0 Å². The van der Waals surface area contributed by atoms with Crippen molar-refractivity contribution in [2.75, 3.05) is 11.9 Å². The van der Waals surface area contributed by atoms with Gasteiger partial charge in [0, 0.05) is 16.8 Å². The summed E-state index contributed by atoms with van der Waals surface area (Å²) in [5.74, 6) is 0. The van der Waals surface area contributed by atoms with Gasteiger partial charge >= 0.3 is 0 Å². The number of benzene rings is 1. The molecule has 2 aromatic rings. The third kappa shape index (κ3) is 2.84. The molecule has 90 valence electrons. The molecule has 2 N–H and O–H groups in total. The number of aliphatic hydroxyl groups excluding tert-OH is 1. The summed E-state index contributed by atoms with van der Waals surface area (Å²) in [6.45, 7) is 4.05. The number of thiazole rings is 1. The average Bonchev–Trinajstić information content (AvgIpc) is 2.75. The van der Waals surface area contributed by atoms with E-state index >= 15 is 0 Å². The summed E-state index contributed by atoms with van der Waals surface area (Å²) in [5.41, 5.74) is 3.20. The number of aliphatic hydroxyl groups is 1. The topological polar surface area (TPSA) is 45.1 Å². The van der Waals surface area contributed by atoms with E-state index in [0.717, 1.165) is 16.4 Å². The number of nitrogens with zero attached hydrogens (tertiary/aromatic N) is 1. The van der Waals surface area contributed by atoms with E-state index in [4.69, 9.17) is 0 Å². The van der Waals surface area contributed by atoms with E-state index in [1.165, 1.54) is 5.56 Å². The first-order valence-electron chi connectivity index (χ1n) is 5.55. The molecule has 0 amide bonds. The Hall–Kier alpha value is -1.39. The second kappa shape index (κ2) is 5.29. The number of nitrogens with one attached hydrogen (secondary N) is 1. The van der Waals surface area contributed by atoms with E-state index in [0.29, 0.717) is 0 Å². The smallest absolute Gasteiger partial charge is 0.118 e. The van der Waals surface area contributed by atoms with Crippen molar-refractivity contribution in [3.8, 4) is 0 Å². The molecule has 1 unspecified atom stereocenters. The van der Waals surface area contributed by atoms with Crippen LogP contribution in [0.3, 0.4) is 0 Å². The van der Waals surface area contributed by atoms with Crippen LogP contribution in [0.1, 0.15) is 22.3 Å². The highest BCUT2D eigenvalue weighted by Crippen LogP contribution is 2.24. The summed E-state index contributed by atoms with van der Waals surface area (Å²) in [6, 6.07) is 7.91. The summed E-state index contributed by atoms with van der Waals surface area (Å²) >= 11 is 1.57. The minimum Gasteiger partial charge on any atom is -0.394 e. The molecule has 0 fully saturated rings. The SMILES string of the molecule is Cc1csc(C(CO)Nc2ccccc2C)n1. The van der Waals surface area contributed by atoms with Crippen molar-refractivity contribution >= 4 is 17.0 Å². The van der Waals surface area contributed by atoms with Crippen molar-refractivity contribution in [3.63, 3.8) is 0 Å². The van der Waals surface area contributed by atoms with Crippen molar-refractivity contribution in [2.45, 2.75) is 19.9 Å². The highest BCUT2D eigenvalue weighted by atomic mass is 32.1. The molecule has 0 saturated carbocycles. The molecule has 4 heteroatoms. The van der Waals surface area contributed by atoms with Crippen LogP contribution >= 0.6 is 11.3 Å². The largest absolute Gasteiger partial charge is 0.394 e. The molecule has 0 spiro atoms. The quantitative estimate of drug-likeness (QED) is 0.874. The Morgan fingerprint density at radius 1 is 1.35 bits per heavy atom. The summed E-state index contributed by atoms with van der Waals surface area (Å²) in [5, 5.41) is 15.7. The van der Waals surface area contributed by atoms with Gasteiger partial charge in [-0.1, -0.05) is 18.2 Å². The number of hydrogen-bond donors (Lipinski definition) is 2. The zero-order valence-corrected chi connectivity index (χ0v) is 10.8. The molecule has 0 aliphatic carbocycles. The normalized spacial score (nSPS) is 12.4. The first kappa shape index (κ1) is 12.1. The van der Waals surface area contributed by atoms with Gasteiger partial charge in [0.25, 0.3) is 0 Å². The molecule has 3 nitrogen and oxygen atoms in total. The fourth-order valence-corrected chi connectivity index (χ4v) is 2.48. The third-order valence-electron chi connectivity index (χ3n) is 2.59. The summed E-state index contributed by atoms with van der Waals surface area (Å²) in [4.78, 5) is 4.40. The van der Waals surface area contributed by atoms with Crippen LogP contribution in [0.15, 0.2) is 29.6 Å². The molecule has 17 heavy (non-hydrogen) atoms. The molecule has 0 aliphatic rings. The second-order valence-corrected chi connectivity index (χ2v) is 4.91. The van der Waals surface area contributed by atoms with Crippen LogP contribution in [0.25, 0.3) is 0 Å². The number of para-hydroxylation sites is 1. The molecular weight excluding hydrogens is 232 g/mol. The molecule has 0 aliphatic heterocycles. The van der Waals surface area contributed by atoms with Crippen molar-refractivity contribution in [1.29, 1.82) is 0 Å². The Morgan fingerprint density at radius 2 is 2.12 bits per heavy atom. The molecule has 1 heterocycles. The molecule has 1 aromatic carbocycles. The maximum absolute atomic E-state index is 9.45. The molecule has 0 radical (unpaired) electrons. The van der Waals surface area contributed by atoms with E-state index in [1.54, 1.807) is 11.3 Å². The third-order valence-corrected chi connectivity index (χ3v) is 3.67. The summed E-state index contributed by atoms with van der Waals surface area (Å²) in [6.07, 6.45) is 0. The van der Waals surface area contributed by atoms with Crippen molar-refractivity contribution in [1.82, 2.24) is 4.98 Å². The lowest BCUT2D eigenvalue weighted by Gasteiger charge is -2.16. The van der Waals surface area contributed by atoms with Crippen LogP contribution in [-0.2, 0) is 0 Å². The molecule has 0 saturated heterocycles. The van der Waals surface area contributed by atoms with Gasteiger partial charge in [-0.25, -0.2) is 4.98 Å². The van der Waals surface area contributed by atoms with Crippen LogP contribution in [0, 0.1) is 13.8 Å². The molecule has 1 aromatic heterocycles. The average molecular weight is 248 g/mol. The van der Waals surface area contributed by atoms with E-state index in [2.05, 4.69) is 10.3 Å². The highest BCUT2D eigenvalue weighted by Gasteiger charge is 2.14.